The van der Waals surface area contributed by atoms with Gasteiger partial charge in [-0.3, -0.25) is 0 Å². The molecule has 2 aromatic carbocycles. The quantitative estimate of drug-likeness (QED) is 0.835. The molecule has 1 atom stereocenters. The topological polar surface area (TPSA) is 12.0 Å². The summed E-state index contributed by atoms with van der Waals surface area (Å²) < 4.78 is 27.5. The Bertz CT molecular complexity index is 628. The van der Waals surface area contributed by atoms with Crippen LogP contribution in [-0.2, 0) is 6.42 Å². The zero-order chi connectivity index (χ0) is 15.4. The third kappa shape index (κ3) is 3.80. The average Bonchev–Trinajstić information content (AvgIpc) is 2.45. The van der Waals surface area contributed by atoms with E-state index in [4.69, 9.17) is 11.6 Å². The van der Waals surface area contributed by atoms with Gasteiger partial charge in [-0.25, -0.2) is 8.78 Å². The Balaban J connectivity index is 2.35. The second kappa shape index (κ2) is 7.01. The third-order valence-electron chi connectivity index (χ3n) is 3.49. The normalized spacial score (nSPS) is 12.4. The Labute approximate surface area is 128 Å². The maximum Gasteiger partial charge on any atom is 0.130 e. The van der Waals surface area contributed by atoms with Gasteiger partial charge in [-0.2, -0.15) is 0 Å². The highest BCUT2D eigenvalue weighted by molar-refractivity contribution is 6.31. The summed E-state index contributed by atoms with van der Waals surface area (Å²) in [6.07, 6.45) is 0.551. The highest BCUT2D eigenvalue weighted by Crippen LogP contribution is 2.26. The van der Waals surface area contributed by atoms with Crippen LogP contribution < -0.4 is 5.32 Å². The fraction of sp³-hybridized carbons (Fsp3) is 0.294. The number of benzene rings is 2. The molecule has 1 unspecified atom stereocenters. The van der Waals surface area contributed by atoms with Gasteiger partial charge in [-0.15, -0.1) is 0 Å². The second-order valence-electron chi connectivity index (χ2n) is 5.03. The summed E-state index contributed by atoms with van der Waals surface area (Å²) in [5.74, 6) is -1.06. The van der Waals surface area contributed by atoms with Gasteiger partial charge < -0.3 is 5.32 Å². The van der Waals surface area contributed by atoms with Crippen LogP contribution in [0.3, 0.4) is 0 Å². The van der Waals surface area contributed by atoms with Gasteiger partial charge in [0.1, 0.15) is 11.6 Å². The molecule has 0 saturated carbocycles. The summed E-state index contributed by atoms with van der Waals surface area (Å²) in [7, 11) is 0. The van der Waals surface area contributed by atoms with Crippen molar-refractivity contribution >= 4 is 11.6 Å². The van der Waals surface area contributed by atoms with Gasteiger partial charge in [0.15, 0.2) is 0 Å². The van der Waals surface area contributed by atoms with Gasteiger partial charge in [0.2, 0.25) is 0 Å². The second-order valence-corrected chi connectivity index (χ2v) is 5.44. The average molecular weight is 310 g/mol. The summed E-state index contributed by atoms with van der Waals surface area (Å²) in [5.41, 5.74) is 1.84. The monoisotopic (exact) mass is 309 g/mol. The molecule has 0 radical (unpaired) electrons. The van der Waals surface area contributed by atoms with E-state index in [1.54, 1.807) is 13.0 Å². The van der Waals surface area contributed by atoms with Crippen molar-refractivity contribution in [1.82, 2.24) is 5.32 Å². The molecule has 0 fully saturated rings. The van der Waals surface area contributed by atoms with Gasteiger partial charge >= 0.3 is 0 Å². The lowest BCUT2D eigenvalue weighted by Crippen LogP contribution is -2.24. The first-order valence-corrected chi connectivity index (χ1v) is 7.33. The molecule has 0 amide bonds. The van der Waals surface area contributed by atoms with Crippen LogP contribution in [0, 0.1) is 18.6 Å². The molecule has 2 aromatic rings. The zero-order valence-electron chi connectivity index (χ0n) is 12.1. The smallest absolute Gasteiger partial charge is 0.130 e. The molecule has 0 aliphatic rings. The summed E-state index contributed by atoms with van der Waals surface area (Å²) in [4.78, 5) is 0. The lowest BCUT2D eigenvalue weighted by molar-refractivity contribution is 0.500. The van der Waals surface area contributed by atoms with Crippen LogP contribution in [0.15, 0.2) is 36.4 Å². The molecule has 0 bridgehead atoms. The van der Waals surface area contributed by atoms with E-state index < -0.39 is 11.6 Å². The van der Waals surface area contributed by atoms with Crippen LogP contribution >= 0.6 is 11.6 Å². The summed E-state index contributed by atoms with van der Waals surface area (Å²) in [6.45, 7) is 4.27. The molecule has 0 spiro atoms. The molecule has 0 aromatic heterocycles. The Morgan fingerprint density at radius 2 is 1.86 bits per heavy atom. The zero-order valence-corrected chi connectivity index (χ0v) is 12.8. The molecule has 0 aliphatic carbocycles. The highest BCUT2D eigenvalue weighted by Gasteiger charge is 2.18. The molecule has 21 heavy (non-hydrogen) atoms. The van der Waals surface area contributed by atoms with E-state index in [1.165, 1.54) is 0 Å². The summed E-state index contributed by atoms with van der Waals surface area (Å²) >= 11 is 6.17. The lowest BCUT2D eigenvalue weighted by Gasteiger charge is -2.20. The number of hydrogen-bond donors (Lipinski definition) is 1. The van der Waals surface area contributed by atoms with Crippen LogP contribution in [0.4, 0.5) is 8.78 Å². The fourth-order valence-electron chi connectivity index (χ4n) is 2.37. The number of rotatable bonds is 5. The van der Waals surface area contributed by atoms with Gasteiger partial charge in [0.05, 0.1) is 0 Å². The summed E-state index contributed by atoms with van der Waals surface area (Å²) in [6, 6.07) is 9.76. The SMILES string of the molecule is CCNC(Cc1ccccc1Cl)c1cc(C)c(F)cc1F. The molecular formula is C17H18ClF2N. The Morgan fingerprint density at radius 3 is 2.52 bits per heavy atom. The van der Waals surface area contributed by atoms with E-state index >= 15 is 0 Å². The Hall–Kier alpha value is -1.45. The Kier molecular flexibility index (Phi) is 5.32. The third-order valence-corrected chi connectivity index (χ3v) is 3.85. The maximum absolute atomic E-state index is 14.1. The van der Waals surface area contributed by atoms with Gasteiger partial charge in [-0.1, -0.05) is 36.7 Å². The highest BCUT2D eigenvalue weighted by atomic mass is 35.5. The number of nitrogens with one attached hydrogen (secondary N) is 1. The van der Waals surface area contributed by atoms with E-state index in [1.807, 2.05) is 31.2 Å². The van der Waals surface area contributed by atoms with Crippen LogP contribution in [-0.4, -0.2) is 6.54 Å². The summed E-state index contributed by atoms with van der Waals surface area (Å²) in [5, 5.41) is 3.89. The van der Waals surface area contributed by atoms with Crippen molar-refractivity contribution in [2.24, 2.45) is 0 Å². The fourth-order valence-corrected chi connectivity index (χ4v) is 2.58. The van der Waals surface area contributed by atoms with Crippen LogP contribution in [0.2, 0.25) is 5.02 Å². The first-order valence-electron chi connectivity index (χ1n) is 6.95. The van der Waals surface area contributed by atoms with Crippen molar-refractivity contribution in [2.45, 2.75) is 26.3 Å². The predicted octanol–water partition coefficient (Wildman–Crippen LogP) is 4.82. The lowest BCUT2D eigenvalue weighted by atomic mass is 9.96. The van der Waals surface area contributed by atoms with Crippen molar-refractivity contribution in [1.29, 1.82) is 0 Å². The predicted molar refractivity (Wildman–Crippen MR) is 82.7 cm³/mol. The standard InChI is InChI=1S/C17H18ClF2N/c1-3-21-17(9-12-6-4-5-7-14(12)18)13-8-11(2)15(19)10-16(13)20/h4-8,10,17,21H,3,9H2,1-2H3. The van der Waals surface area contributed by atoms with Crippen molar-refractivity contribution in [3.8, 4) is 0 Å². The largest absolute Gasteiger partial charge is 0.310 e. The Morgan fingerprint density at radius 1 is 1.14 bits per heavy atom. The molecule has 1 N–H and O–H groups in total. The van der Waals surface area contributed by atoms with Gasteiger partial charge in [0.25, 0.3) is 0 Å². The van der Waals surface area contributed by atoms with Gasteiger partial charge in [-0.05, 0) is 43.1 Å². The van der Waals surface area contributed by atoms with Crippen LogP contribution in [0.5, 0.6) is 0 Å². The van der Waals surface area contributed by atoms with E-state index in [2.05, 4.69) is 5.32 Å². The van der Waals surface area contributed by atoms with E-state index in [0.717, 1.165) is 11.6 Å². The minimum atomic E-state index is -0.531. The van der Waals surface area contributed by atoms with E-state index in [0.29, 0.717) is 29.1 Å². The van der Waals surface area contributed by atoms with E-state index in [9.17, 15) is 8.78 Å². The number of aryl methyl sites for hydroxylation is 1. The van der Waals surface area contributed by atoms with Crippen LogP contribution in [0.1, 0.15) is 29.7 Å². The minimum absolute atomic E-state index is 0.241. The van der Waals surface area contributed by atoms with Crippen molar-refractivity contribution in [2.75, 3.05) is 6.54 Å². The van der Waals surface area contributed by atoms with Crippen molar-refractivity contribution < 1.29 is 8.78 Å². The number of hydrogen-bond acceptors (Lipinski definition) is 1. The minimum Gasteiger partial charge on any atom is -0.310 e. The molecule has 0 aliphatic heterocycles. The van der Waals surface area contributed by atoms with Crippen molar-refractivity contribution in [3.05, 3.63) is 69.7 Å². The maximum atomic E-state index is 14.1. The molecule has 4 heteroatoms. The molecular weight excluding hydrogens is 292 g/mol. The van der Waals surface area contributed by atoms with Crippen LogP contribution in [0.25, 0.3) is 0 Å². The number of likely N-dealkylation sites (N-methyl/N-ethyl adjacent to an activating group) is 1. The molecule has 1 nitrogen and oxygen atoms in total. The molecule has 0 heterocycles. The van der Waals surface area contributed by atoms with E-state index in [-0.39, 0.29) is 6.04 Å². The molecule has 2 rings (SSSR count). The van der Waals surface area contributed by atoms with Gasteiger partial charge in [0, 0.05) is 22.7 Å². The molecule has 112 valence electrons. The first-order chi connectivity index (χ1) is 10.0. The van der Waals surface area contributed by atoms with Crippen molar-refractivity contribution in [3.63, 3.8) is 0 Å². The first kappa shape index (κ1) is 15.9. The number of halogens is 3. The molecule has 0 saturated heterocycles.